The lowest BCUT2D eigenvalue weighted by Crippen LogP contribution is -2.43. The molecule has 0 amide bonds. The van der Waals surface area contributed by atoms with Crippen LogP contribution < -0.4 is 5.73 Å². The summed E-state index contributed by atoms with van der Waals surface area (Å²) in [5, 5.41) is 0. The van der Waals surface area contributed by atoms with E-state index in [0.717, 1.165) is 52.5 Å². The number of likely N-dealkylation sites (N-methyl/N-ethyl adjacent to an activating group) is 1. The lowest BCUT2D eigenvalue weighted by atomic mass is 10.4. The molecule has 5 heteroatoms. The number of morpholine rings is 1. The van der Waals surface area contributed by atoms with Crippen LogP contribution in [-0.4, -0.2) is 67.3 Å². The van der Waals surface area contributed by atoms with Crippen LogP contribution in [0.2, 0.25) is 0 Å². The first-order valence-electron chi connectivity index (χ1n) is 5.53. The van der Waals surface area contributed by atoms with Crippen molar-refractivity contribution >= 4 is 17.2 Å². The zero-order valence-electron chi connectivity index (χ0n) is 9.45. The van der Waals surface area contributed by atoms with Gasteiger partial charge in [-0.3, -0.25) is 9.80 Å². The topological polar surface area (TPSA) is 41.7 Å². The summed E-state index contributed by atoms with van der Waals surface area (Å²) in [6.45, 7) is 9.81. The Hall–Kier alpha value is -0.230. The van der Waals surface area contributed by atoms with Crippen molar-refractivity contribution in [3.8, 4) is 0 Å². The first-order valence-corrected chi connectivity index (χ1v) is 5.94. The maximum Gasteiger partial charge on any atom is 0.0870 e. The molecule has 1 saturated heterocycles. The standard InChI is InChI=1S/C10H21N3OS/c1-2-12(9-10(11)15)3-4-13-5-7-14-8-6-13/h2-9H2,1H3,(H2,11,15). The largest absolute Gasteiger partial charge is 0.392 e. The van der Waals surface area contributed by atoms with Gasteiger partial charge in [0.1, 0.15) is 0 Å². The third-order valence-corrected chi connectivity index (χ3v) is 2.79. The van der Waals surface area contributed by atoms with Crippen LogP contribution in [-0.2, 0) is 4.74 Å². The first-order chi connectivity index (χ1) is 7.22. The minimum atomic E-state index is 0.582. The van der Waals surface area contributed by atoms with E-state index in [1.54, 1.807) is 0 Å². The molecule has 0 saturated carbocycles. The Labute approximate surface area is 97.3 Å². The zero-order valence-corrected chi connectivity index (χ0v) is 10.3. The van der Waals surface area contributed by atoms with Crippen LogP contribution in [0.5, 0.6) is 0 Å². The van der Waals surface area contributed by atoms with E-state index < -0.39 is 0 Å². The van der Waals surface area contributed by atoms with E-state index in [-0.39, 0.29) is 0 Å². The molecule has 0 radical (unpaired) electrons. The van der Waals surface area contributed by atoms with Gasteiger partial charge in [0.15, 0.2) is 0 Å². The second-order valence-corrected chi connectivity index (χ2v) is 4.31. The van der Waals surface area contributed by atoms with Gasteiger partial charge in [-0.15, -0.1) is 0 Å². The van der Waals surface area contributed by atoms with Crippen LogP contribution in [0.15, 0.2) is 0 Å². The highest BCUT2D eigenvalue weighted by molar-refractivity contribution is 7.80. The third kappa shape index (κ3) is 5.41. The highest BCUT2D eigenvalue weighted by atomic mass is 32.1. The van der Waals surface area contributed by atoms with Gasteiger partial charge in [-0.25, -0.2) is 0 Å². The quantitative estimate of drug-likeness (QED) is 0.648. The van der Waals surface area contributed by atoms with Crippen molar-refractivity contribution in [2.45, 2.75) is 6.92 Å². The normalized spacial score (nSPS) is 18.3. The van der Waals surface area contributed by atoms with Crippen LogP contribution in [0.25, 0.3) is 0 Å². The molecule has 0 aliphatic carbocycles. The molecule has 4 nitrogen and oxygen atoms in total. The average Bonchev–Trinajstić information content (AvgIpc) is 2.25. The Bertz CT molecular complexity index is 195. The predicted molar refractivity (Wildman–Crippen MR) is 66.2 cm³/mol. The maximum atomic E-state index is 5.53. The molecule has 1 rings (SSSR count). The van der Waals surface area contributed by atoms with E-state index in [1.807, 2.05) is 0 Å². The monoisotopic (exact) mass is 231 g/mol. The smallest absolute Gasteiger partial charge is 0.0870 e. The van der Waals surface area contributed by atoms with Crippen molar-refractivity contribution in [3.63, 3.8) is 0 Å². The SMILES string of the molecule is CCN(CCN1CCOCC1)CC(N)=S. The second kappa shape index (κ2) is 7.11. The van der Waals surface area contributed by atoms with Crippen molar-refractivity contribution < 1.29 is 4.74 Å². The molecule has 88 valence electrons. The Balaban J connectivity index is 2.17. The van der Waals surface area contributed by atoms with Crippen LogP contribution >= 0.6 is 12.2 Å². The molecule has 15 heavy (non-hydrogen) atoms. The van der Waals surface area contributed by atoms with Crippen LogP contribution in [0.3, 0.4) is 0 Å². The number of hydrogen-bond donors (Lipinski definition) is 1. The van der Waals surface area contributed by atoms with Crippen molar-refractivity contribution in [1.82, 2.24) is 9.80 Å². The molecule has 1 aliphatic rings. The first kappa shape index (κ1) is 12.8. The Morgan fingerprint density at radius 3 is 2.67 bits per heavy atom. The zero-order chi connectivity index (χ0) is 11.1. The lowest BCUT2D eigenvalue weighted by molar-refractivity contribution is 0.0343. The van der Waals surface area contributed by atoms with Gasteiger partial charge < -0.3 is 10.5 Å². The molecule has 1 heterocycles. The minimum Gasteiger partial charge on any atom is -0.392 e. The molecule has 0 atom stereocenters. The molecular weight excluding hydrogens is 210 g/mol. The van der Waals surface area contributed by atoms with E-state index in [1.165, 1.54) is 0 Å². The molecule has 1 fully saturated rings. The van der Waals surface area contributed by atoms with E-state index in [2.05, 4.69) is 16.7 Å². The fourth-order valence-electron chi connectivity index (χ4n) is 1.68. The summed E-state index contributed by atoms with van der Waals surface area (Å²) in [4.78, 5) is 5.28. The maximum absolute atomic E-state index is 5.53. The number of ether oxygens (including phenoxy) is 1. The van der Waals surface area contributed by atoms with Gasteiger partial charge in [0.25, 0.3) is 0 Å². The molecule has 0 aromatic heterocycles. The molecule has 0 spiro atoms. The van der Waals surface area contributed by atoms with Crippen molar-refractivity contribution in [3.05, 3.63) is 0 Å². The van der Waals surface area contributed by atoms with Gasteiger partial charge in [0.2, 0.25) is 0 Å². The number of hydrogen-bond acceptors (Lipinski definition) is 4. The molecule has 0 unspecified atom stereocenters. The summed E-state index contributed by atoms with van der Waals surface area (Å²) in [5.41, 5.74) is 5.53. The second-order valence-electron chi connectivity index (χ2n) is 3.79. The lowest BCUT2D eigenvalue weighted by Gasteiger charge is -2.29. The molecular formula is C10H21N3OS. The molecule has 1 aliphatic heterocycles. The summed E-state index contributed by atoms with van der Waals surface area (Å²) >= 11 is 4.91. The van der Waals surface area contributed by atoms with Crippen LogP contribution in [0.4, 0.5) is 0 Å². The molecule has 0 bridgehead atoms. The van der Waals surface area contributed by atoms with Gasteiger partial charge in [-0.2, -0.15) is 0 Å². The summed E-state index contributed by atoms with van der Waals surface area (Å²) in [6, 6.07) is 0. The van der Waals surface area contributed by atoms with E-state index >= 15 is 0 Å². The average molecular weight is 231 g/mol. The Morgan fingerprint density at radius 2 is 2.13 bits per heavy atom. The van der Waals surface area contributed by atoms with Crippen LogP contribution in [0.1, 0.15) is 6.92 Å². The fraction of sp³-hybridized carbons (Fsp3) is 0.900. The fourth-order valence-corrected chi connectivity index (χ4v) is 1.86. The van der Waals surface area contributed by atoms with E-state index in [4.69, 9.17) is 22.7 Å². The van der Waals surface area contributed by atoms with Crippen molar-refractivity contribution in [2.24, 2.45) is 5.73 Å². The van der Waals surface area contributed by atoms with Crippen LogP contribution in [0, 0.1) is 0 Å². The third-order valence-electron chi connectivity index (χ3n) is 2.66. The van der Waals surface area contributed by atoms with Gasteiger partial charge in [-0.1, -0.05) is 19.1 Å². The summed E-state index contributed by atoms with van der Waals surface area (Å²) in [5.74, 6) is 0. The number of nitrogens with two attached hydrogens (primary N) is 1. The summed E-state index contributed by atoms with van der Waals surface area (Å²) in [7, 11) is 0. The predicted octanol–water partition coefficient (Wildman–Crippen LogP) is -0.0734. The van der Waals surface area contributed by atoms with Crippen molar-refractivity contribution in [2.75, 3.05) is 52.5 Å². The molecule has 0 aromatic carbocycles. The van der Waals surface area contributed by atoms with E-state index in [0.29, 0.717) is 4.99 Å². The number of rotatable bonds is 6. The minimum absolute atomic E-state index is 0.582. The summed E-state index contributed by atoms with van der Waals surface area (Å²) < 4.78 is 5.30. The Morgan fingerprint density at radius 1 is 1.47 bits per heavy atom. The van der Waals surface area contributed by atoms with Crippen molar-refractivity contribution in [1.29, 1.82) is 0 Å². The van der Waals surface area contributed by atoms with Gasteiger partial charge in [0.05, 0.1) is 18.2 Å². The van der Waals surface area contributed by atoms with Gasteiger partial charge >= 0.3 is 0 Å². The van der Waals surface area contributed by atoms with Gasteiger partial charge in [-0.05, 0) is 6.54 Å². The highest BCUT2D eigenvalue weighted by Gasteiger charge is 2.11. The van der Waals surface area contributed by atoms with E-state index in [9.17, 15) is 0 Å². The molecule has 2 N–H and O–H groups in total. The molecule has 0 aromatic rings. The van der Waals surface area contributed by atoms with Gasteiger partial charge in [0, 0.05) is 32.7 Å². The Kier molecular flexibility index (Phi) is 6.09. The summed E-state index contributed by atoms with van der Waals surface area (Å²) in [6.07, 6.45) is 0. The number of thiocarbonyl (C=S) groups is 1. The number of nitrogens with zero attached hydrogens (tertiary/aromatic N) is 2. The highest BCUT2D eigenvalue weighted by Crippen LogP contribution is 1.97.